The lowest BCUT2D eigenvalue weighted by Crippen LogP contribution is -2.66. The van der Waals surface area contributed by atoms with Crippen LogP contribution in [0.25, 0.3) is 0 Å². The lowest BCUT2D eigenvalue weighted by molar-refractivity contribution is -0.230. The van der Waals surface area contributed by atoms with E-state index in [-0.39, 0.29) is 5.97 Å². The van der Waals surface area contributed by atoms with Crippen LogP contribution < -0.4 is 0 Å². The van der Waals surface area contributed by atoms with Crippen LogP contribution in [-0.2, 0) is 9.53 Å². The predicted molar refractivity (Wildman–Crippen MR) is 58.6 cm³/mol. The second-order valence-electron chi connectivity index (χ2n) is 6.27. The average Bonchev–Trinajstić information content (AvgIpc) is 2.24. The minimum atomic E-state index is -0.854. The molecule has 4 saturated carbocycles. The SMILES string of the molecule is COC(=O)C12CC3CC(CC(C3)C1(C)O)C2. The molecule has 1 N–H and O–H groups in total. The molecule has 4 aliphatic rings. The average molecular weight is 224 g/mol. The molecule has 4 aliphatic carbocycles. The third-order valence-corrected chi connectivity index (χ3v) is 5.52. The molecule has 0 spiro atoms. The van der Waals surface area contributed by atoms with Crippen molar-refractivity contribution < 1.29 is 14.6 Å². The topological polar surface area (TPSA) is 46.5 Å². The summed E-state index contributed by atoms with van der Waals surface area (Å²) in [4.78, 5) is 12.1. The number of hydrogen-bond donors (Lipinski definition) is 1. The molecule has 3 heteroatoms. The van der Waals surface area contributed by atoms with E-state index in [1.165, 1.54) is 13.5 Å². The molecule has 0 aromatic carbocycles. The van der Waals surface area contributed by atoms with Gasteiger partial charge in [-0.25, -0.2) is 0 Å². The van der Waals surface area contributed by atoms with Gasteiger partial charge in [0.25, 0.3) is 0 Å². The lowest BCUT2D eigenvalue weighted by Gasteiger charge is -2.62. The van der Waals surface area contributed by atoms with Gasteiger partial charge in [0.2, 0.25) is 0 Å². The van der Waals surface area contributed by atoms with E-state index in [1.807, 2.05) is 6.92 Å². The van der Waals surface area contributed by atoms with Gasteiger partial charge in [0, 0.05) is 0 Å². The lowest BCUT2D eigenvalue weighted by atomic mass is 9.43. The van der Waals surface area contributed by atoms with Crippen molar-refractivity contribution in [3.8, 4) is 0 Å². The Hall–Kier alpha value is -0.570. The van der Waals surface area contributed by atoms with E-state index in [0.29, 0.717) is 17.8 Å². The Balaban J connectivity index is 2.05. The summed E-state index contributed by atoms with van der Waals surface area (Å²) in [5.74, 6) is 1.39. The first-order valence-corrected chi connectivity index (χ1v) is 6.30. The third-order valence-electron chi connectivity index (χ3n) is 5.52. The van der Waals surface area contributed by atoms with E-state index in [0.717, 1.165) is 25.7 Å². The summed E-state index contributed by atoms with van der Waals surface area (Å²) in [7, 11) is 1.44. The van der Waals surface area contributed by atoms with E-state index < -0.39 is 11.0 Å². The van der Waals surface area contributed by atoms with E-state index in [2.05, 4.69) is 0 Å². The Morgan fingerprint density at radius 2 is 1.81 bits per heavy atom. The highest BCUT2D eigenvalue weighted by molar-refractivity contribution is 5.79. The van der Waals surface area contributed by atoms with Crippen LogP contribution in [0.5, 0.6) is 0 Å². The van der Waals surface area contributed by atoms with E-state index in [1.54, 1.807) is 0 Å². The van der Waals surface area contributed by atoms with Crippen LogP contribution in [0.15, 0.2) is 0 Å². The van der Waals surface area contributed by atoms with Crippen molar-refractivity contribution in [1.29, 1.82) is 0 Å². The Morgan fingerprint density at radius 1 is 1.25 bits per heavy atom. The number of esters is 1. The first-order valence-electron chi connectivity index (χ1n) is 6.30. The normalized spacial score (nSPS) is 54.1. The van der Waals surface area contributed by atoms with E-state index in [9.17, 15) is 9.90 Å². The number of hydrogen-bond acceptors (Lipinski definition) is 3. The molecule has 3 nitrogen and oxygen atoms in total. The summed E-state index contributed by atoms with van der Waals surface area (Å²) < 4.78 is 4.97. The molecule has 16 heavy (non-hydrogen) atoms. The zero-order valence-corrected chi connectivity index (χ0v) is 10.0. The number of aliphatic hydroxyl groups is 1. The summed E-state index contributed by atoms with van der Waals surface area (Å²) in [6, 6.07) is 0. The molecule has 4 fully saturated rings. The second-order valence-corrected chi connectivity index (χ2v) is 6.27. The quantitative estimate of drug-likeness (QED) is 0.690. The summed E-state index contributed by atoms with van der Waals surface area (Å²) in [5, 5.41) is 10.7. The van der Waals surface area contributed by atoms with Crippen molar-refractivity contribution >= 4 is 5.97 Å². The Morgan fingerprint density at radius 3 is 2.31 bits per heavy atom. The van der Waals surface area contributed by atoms with Crippen molar-refractivity contribution in [1.82, 2.24) is 0 Å². The molecule has 0 heterocycles. The zero-order chi connectivity index (χ0) is 11.6. The van der Waals surface area contributed by atoms with Crippen molar-refractivity contribution in [2.24, 2.45) is 23.2 Å². The monoisotopic (exact) mass is 224 g/mol. The molecule has 0 aliphatic heterocycles. The molecule has 0 amide bonds. The van der Waals surface area contributed by atoms with Gasteiger partial charge in [0.1, 0.15) is 0 Å². The maximum Gasteiger partial charge on any atom is 0.314 e. The first kappa shape index (κ1) is 10.6. The van der Waals surface area contributed by atoms with Crippen molar-refractivity contribution in [3.05, 3.63) is 0 Å². The Bertz CT molecular complexity index is 320. The molecule has 0 aromatic rings. The third kappa shape index (κ3) is 1.05. The Labute approximate surface area is 96.2 Å². The van der Waals surface area contributed by atoms with Crippen molar-refractivity contribution in [2.45, 2.75) is 44.6 Å². The van der Waals surface area contributed by atoms with Gasteiger partial charge >= 0.3 is 5.97 Å². The minimum Gasteiger partial charge on any atom is -0.469 e. The fourth-order valence-corrected chi connectivity index (χ4v) is 4.80. The molecule has 0 aromatic heterocycles. The highest BCUT2D eigenvalue weighted by atomic mass is 16.5. The maximum atomic E-state index is 12.1. The van der Waals surface area contributed by atoms with Crippen molar-refractivity contribution in [2.75, 3.05) is 7.11 Å². The van der Waals surface area contributed by atoms with Gasteiger partial charge in [-0.3, -0.25) is 4.79 Å². The number of carbonyl (C=O) groups excluding carboxylic acids is 1. The summed E-state index contributed by atoms with van der Waals surface area (Å²) in [6.45, 7) is 1.85. The highest BCUT2D eigenvalue weighted by Crippen LogP contribution is 2.64. The smallest absolute Gasteiger partial charge is 0.314 e. The molecule has 90 valence electrons. The number of methoxy groups -OCH3 is 1. The van der Waals surface area contributed by atoms with Gasteiger partial charge in [-0.05, 0) is 56.8 Å². The fourth-order valence-electron chi connectivity index (χ4n) is 4.80. The van der Waals surface area contributed by atoms with Gasteiger partial charge in [-0.2, -0.15) is 0 Å². The van der Waals surface area contributed by atoms with E-state index >= 15 is 0 Å². The van der Waals surface area contributed by atoms with Gasteiger partial charge in [0.05, 0.1) is 18.1 Å². The highest BCUT2D eigenvalue weighted by Gasteiger charge is 2.66. The molecule has 0 radical (unpaired) electrons. The van der Waals surface area contributed by atoms with Crippen LogP contribution in [0.3, 0.4) is 0 Å². The second kappa shape index (κ2) is 3.00. The van der Waals surface area contributed by atoms with Crippen LogP contribution in [-0.4, -0.2) is 23.8 Å². The zero-order valence-electron chi connectivity index (χ0n) is 10.0. The molecule has 4 rings (SSSR count). The molecule has 4 bridgehead atoms. The van der Waals surface area contributed by atoms with Crippen LogP contribution in [0.4, 0.5) is 0 Å². The van der Waals surface area contributed by atoms with Crippen molar-refractivity contribution in [3.63, 3.8) is 0 Å². The summed E-state index contributed by atoms with van der Waals surface area (Å²) in [6.07, 6.45) is 5.12. The fraction of sp³-hybridized carbons (Fsp3) is 0.923. The van der Waals surface area contributed by atoms with Gasteiger partial charge < -0.3 is 9.84 Å². The minimum absolute atomic E-state index is 0.184. The maximum absolute atomic E-state index is 12.1. The molecule has 3 atom stereocenters. The van der Waals surface area contributed by atoms with Gasteiger partial charge in [-0.1, -0.05) is 0 Å². The molecular weight excluding hydrogens is 204 g/mol. The van der Waals surface area contributed by atoms with E-state index in [4.69, 9.17) is 4.74 Å². The first-order chi connectivity index (χ1) is 7.49. The molecular formula is C13H20O3. The number of rotatable bonds is 1. The van der Waals surface area contributed by atoms with Gasteiger partial charge in [-0.15, -0.1) is 0 Å². The van der Waals surface area contributed by atoms with Crippen LogP contribution in [0.2, 0.25) is 0 Å². The number of carbonyl (C=O) groups is 1. The standard InChI is InChI=1S/C13H20O3/c1-12(15)10-4-8-3-9(5-10)7-13(12,6-8)11(14)16-2/h8-10,15H,3-7H2,1-2H3. The molecule has 0 saturated heterocycles. The summed E-state index contributed by atoms with van der Waals surface area (Å²) >= 11 is 0. The van der Waals surface area contributed by atoms with Crippen LogP contribution in [0.1, 0.15) is 39.0 Å². The van der Waals surface area contributed by atoms with Crippen LogP contribution >= 0.6 is 0 Å². The summed E-state index contributed by atoms with van der Waals surface area (Å²) in [5.41, 5.74) is -1.45. The largest absolute Gasteiger partial charge is 0.469 e. The Kier molecular flexibility index (Phi) is 1.99. The molecule has 3 unspecified atom stereocenters. The van der Waals surface area contributed by atoms with Gasteiger partial charge in [0.15, 0.2) is 0 Å². The van der Waals surface area contributed by atoms with Crippen LogP contribution in [0, 0.1) is 23.2 Å². The number of ether oxygens (including phenoxy) is 1. The predicted octanol–water partition coefficient (Wildman–Crippen LogP) is 1.74.